The monoisotopic (exact) mass is 350 g/mol. The molecule has 0 amide bonds. The third-order valence-corrected chi connectivity index (χ3v) is 6.80. The van der Waals surface area contributed by atoms with Gasteiger partial charge in [-0.05, 0) is 25.5 Å². The average molecular weight is 350 g/mol. The molecule has 3 rings (SSSR count). The quantitative estimate of drug-likeness (QED) is 0.830. The first-order chi connectivity index (χ1) is 11.0. The lowest BCUT2D eigenvalue weighted by Crippen LogP contribution is -2.30. The summed E-state index contributed by atoms with van der Waals surface area (Å²) >= 11 is 1.26. The number of nitriles is 1. The van der Waals surface area contributed by atoms with E-state index in [0.29, 0.717) is 17.2 Å². The summed E-state index contributed by atoms with van der Waals surface area (Å²) in [7, 11) is -3.49. The summed E-state index contributed by atoms with van der Waals surface area (Å²) < 4.78 is 32.6. The third-order valence-electron chi connectivity index (χ3n) is 3.47. The Morgan fingerprint density at radius 2 is 2.17 bits per heavy atom. The number of aryl methyl sites for hydroxylation is 1. The predicted octanol–water partition coefficient (Wildman–Crippen LogP) is 1.56. The molecular weight excluding hydrogens is 336 g/mol. The van der Waals surface area contributed by atoms with Crippen LogP contribution in [0.15, 0.2) is 28.7 Å². The summed E-state index contributed by atoms with van der Waals surface area (Å²) in [6, 6.07) is 5.33. The zero-order valence-corrected chi connectivity index (χ0v) is 14.0. The van der Waals surface area contributed by atoms with Crippen LogP contribution in [0.3, 0.4) is 0 Å². The Morgan fingerprint density at radius 1 is 1.39 bits per heavy atom. The molecule has 3 heterocycles. The van der Waals surface area contributed by atoms with Gasteiger partial charge in [0.05, 0.1) is 6.54 Å². The van der Waals surface area contributed by atoms with Crippen LogP contribution in [-0.4, -0.2) is 41.9 Å². The van der Waals surface area contributed by atoms with Crippen molar-refractivity contribution in [2.75, 3.05) is 13.1 Å². The van der Waals surface area contributed by atoms with Crippen LogP contribution in [0.4, 0.5) is 0 Å². The Morgan fingerprint density at radius 3 is 2.87 bits per heavy atom. The zero-order valence-electron chi connectivity index (χ0n) is 12.3. The predicted molar refractivity (Wildman–Crippen MR) is 83.6 cm³/mol. The van der Waals surface area contributed by atoms with Crippen molar-refractivity contribution in [1.29, 1.82) is 5.26 Å². The second-order valence-corrected chi connectivity index (χ2v) is 8.53. The van der Waals surface area contributed by atoms with Crippen LogP contribution in [0, 0.1) is 18.3 Å². The molecule has 0 aromatic carbocycles. The first-order valence-electron chi connectivity index (χ1n) is 6.95. The van der Waals surface area contributed by atoms with Crippen LogP contribution in [0.5, 0.6) is 5.88 Å². The molecule has 120 valence electrons. The molecule has 1 atom stereocenters. The summed E-state index contributed by atoms with van der Waals surface area (Å²) in [6.07, 6.45) is 3.06. The van der Waals surface area contributed by atoms with Crippen molar-refractivity contribution in [3.8, 4) is 11.9 Å². The van der Waals surface area contributed by atoms with Crippen molar-refractivity contribution >= 4 is 21.4 Å². The Bertz CT molecular complexity index is 857. The van der Waals surface area contributed by atoms with Gasteiger partial charge in [0.1, 0.15) is 16.4 Å². The van der Waals surface area contributed by atoms with Gasteiger partial charge in [-0.2, -0.15) is 9.57 Å². The normalized spacial score (nSPS) is 18.7. The van der Waals surface area contributed by atoms with Gasteiger partial charge < -0.3 is 4.74 Å². The maximum Gasteiger partial charge on any atom is 0.252 e. The number of rotatable bonds is 4. The van der Waals surface area contributed by atoms with Crippen LogP contribution >= 0.6 is 11.3 Å². The molecule has 9 heteroatoms. The lowest BCUT2D eigenvalue weighted by atomic mass is 10.3. The molecule has 1 saturated heterocycles. The van der Waals surface area contributed by atoms with E-state index in [1.807, 2.05) is 13.0 Å². The molecule has 0 N–H and O–H groups in total. The lowest BCUT2D eigenvalue weighted by molar-refractivity contribution is 0.205. The van der Waals surface area contributed by atoms with E-state index in [9.17, 15) is 8.42 Å². The summed E-state index contributed by atoms with van der Waals surface area (Å²) in [5.41, 5.74) is 0.0997. The molecule has 0 aliphatic carbocycles. The van der Waals surface area contributed by atoms with Crippen LogP contribution in [0.2, 0.25) is 0 Å². The maximum absolute atomic E-state index is 12.6. The van der Waals surface area contributed by atoms with E-state index in [1.165, 1.54) is 28.0 Å². The van der Waals surface area contributed by atoms with Crippen molar-refractivity contribution in [1.82, 2.24) is 14.3 Å². The van der Waals surface area contributed by atoms with Gasteiger partial charge in [-0.1, -0.05) is 0 Å². The van der Waals surface area contributed by atoms with E-state index in [0.717, 1.165) is 4.88 Å². The van der Waals surface area contributed by atoms with Crippen molar-refractivity contribution < 1.29 is 13.2 Å². The van der Waals surface area contributed by atoms with E-state index in [1.54, 1.807) is 12.1 Å². The highest BCUT2D eigenvalue weighted by molar-refractivity contribution is 7.91. The zero-order chi connectivity index (χ0) is 16.4. The highest BCUT2D eigenvalue weighted by atomic mass is 32.2. The van der Waals surface area contributed by atoms with Crippen molar-refractivity contribution in [2.24, 2.45) is 0 Å². The summed E-state index contributed by atoms with van der Waals surface area (Å²) in [5.74, 6) is 0.145. The van der Waals surface area contributed by atoms with E-state index in [2.05, 4.69) is 9.97 Å². The molecule has 1 fully saturated rings. The standard InChI is InChI=1S/C14H14N4O3S2/c1-10-2-3-13(22-10)23(19,20)18-7-4-11(9-18)21-14-12(8-15)16-5-6-17-14/h2-3,5-6,11H,4,7,9H2,1H3. The van der Waals surface area contributed by atoms with Crippen LogP contribution in [-0.2, 0) is 10.0 Å². The van der Waals surface area contributed by atoms with Crippen LogP contribution in [0.1, 0.15) is 17.0 Å². The summed E-state index contributed by atoms with van der Waals surface area (Å²) in [5, 5.41) is 8.99. The van der Waals surface area contributed by atoms with Crippen molar-refractivity contribution in [2.45, 2.75) is 23.7 Å². The molecule has 0 radical (unpaired) electrons. The minimum Gasteiger partial charge on any atom is -0.471 e. The molecular formula is C14H14N4O3S2. The van der Waals surface area contributed by atoms with Gasteiger partial charge in [0, 0.05) is 23.8 Å². The van der Waals surface area contributed by atoms with Gasteiger partial charge in [-0.3, -0.25) is 0 Å². The lowest BCUT2D eigenvalue weighted by Gasteiger charge is -2.16. The Kier molecular flexibility index (Phi) is 4.30. The van der Waals surface area contributed by atoms with Gasteiger partial charge in [-0.15, -0.1) is 11.3 Å². The molecule has 0 saturated carbocycles. The number of thiophene rings is 1. The smallest absolute Gasteiger partial charge is 0.252 e. The molecule has 2 aromatic rings. The van der Waals surface area contributed by atoms with E-state index >= 15 is 0 Å². The van der Waals surface area contributed by atoms with Gasteiger partial charge >= 0.3 is 0 Å². The molecule has 0 bridgehead atoms. The van der Waals surface area contributed by atoms with Gasteiger partial charge in [0.15, 0.2) is 0 Å². The Balaban J connectivity index is 1.73. The van der Waals surface area contributed by atoms with Crippen LogP contribution in [0.25, 0.3) is 0 Å². The SMILES string of the molecule is Cc1ccc(S(=O)(=O)N2CCC(Oc3nccnc3C#N)C2)s1. The average Bonchev–Trinajstić information content (AvgIpc) is 3.17. The summed E-state index contributed by atoms with van der Waals surface area (Å²) in [4.78, 5) is 8.82. The molecule has 0 spiro atoms. The fourth-order valence-corrected chi connectivity index (χ4v) is 5.26. The number of hydrogen-bond donors (Lipinski definition) is 0. The fraction of sp³-hybridized carbons (Fsp3) is 0.357. The number of ether oxygens (including phenoxy) is 1. The fourth-order valence-electron chi connectivity index (χ4n) is 2.34. The molecule has 1 aliphatic rings. The number of aromatic nitrogens is 2. The topological polar surface area (TPSA) is 96.2 Å². The molecule has 1 unspecified atom stereocenters. The second-order valence-electron chi connectivity index (χ2n) is 5.08. The van der Waals surface area contributed by atoms with E-state index in [-0.39, 0.29) is 24.2 Å². The molecule has 1 aliphatic heterocycles. The van der Waals surface area contributed by atoms with E-state index in [4.69, 9.17) is 10.00 Å². The molecule has 2 aromatic heterocycles. The highest BCUT2D eigenvalue weighted by Gasteiger charge is 2.34. The van der Waals surface area contributed by atoms with Crippen molar-refractivity contribution in [3.05, 3.63) is 35.1 Å². The van der Waals surface area contributed by atoms with Gasteiger partial charge in [0.25, 0.3) is 15.9 Å². The van der Waals surface area contributed by atoms with Gasteiger partial charge in [-0.25, -0.2) is 18.4 Å². The molecule has 23 heavy (non-hydrogen) atoms. The van der Waals surface area contributed by atoms with Gasteiger partial charge in [0.2, 0.25) is 5.69 Å². The van der Waals surface area contributed by atoms with Crippen molar-refractivity contribution in [3.63, 3.8) is 0 Å². The maximum atomic E-state index is 12.6. The minimum atomic E-state index is -3.49. The second kappa shape index (κ2) is 6.23. The summed E-state index contributed by atoms with van der Waals surface area (Å²) in [6.45, 7) is 2.49. The Hall–Kier alpha value is -2.02. The third kappa shape index (κ3) is 3.19. The minimum absolute atomic E-state index is 0.0997. The van der Waals surface area contributed by atoms with E-state index < -0.39 is 10.0 Å². The first kappa shape index (κ1) is 15.9. The molecule has 7 nitrogen and oxygen atoms in total. The Labute approximate surface area is 138 Å². The first-order valence-corrected chi connectivity index (χ1v) is 9.20. The number of sulfonamides is 1. The largest absolute Gasteiger partial charge is 0.471 e. The number of hydrogen-bond acceptors (Lipinski definition) is 7. The highest BCUT2D eigenvalue weighted by Crippen LogP contribution is 2.28. The number of nitrogens with zero attached hydrogens (tertiary/aromatic N) is 4. The van der Waals surface area contributed by atoms with Crippen LogP contribution < -0.4 is 4.74 Å².